The molecular weight excluding hydrogens is 288 g/mol. The van der Waals surface area contributed by atoms with Crippen molar-refractivity contribution in [3.8, 4) is 0 Å². The molecule has 1 aliphatic heterocycles. The molecule has 1 rings (SSSR count). The zero-order valence-corrected chi connectivity index (χ0v) is 11.7. The zero-order chi connectivity index (χ0) is 16.3. The Balaban J connectivity index is 2.74. The highest BCUT2D eigenvalue weighted by atomic mass is 16.7. The van der Waals surface area contributed by atoms with Gasteiger partial charge in [-0.3, -0.25) is 0 Å². The van der Waals surface area contributed by atoms with Gasteiger partial charge < -0.3 is 44.9 Å². The van der Waals surface area contributed by atoms with Crippen molar-refractivity contribution >= 4 is 6.29 Å². The molecule has 1 aliphatic rings. The van der Waals surface area contributed by atoms with Crippen LogP contribution >= 0.6 is 0 Å². The molecule has 9 heteroatoms. The van der Waals surface area contributed by atoms with E-state index in [1.807, 2.05) is 0 Å². The van der Waals surface area contributed by atoms with Crippen LogP contribution in [0.5, 0.6) is 0 Å². The molecule has 124 valence electrons. The lowest BCUT2D eigenvalue weighted by atomic mass is 9.99. The Bertz CT molecular complexity index is 337. The van der Waals surface area contributed by atoms with Crippen LogP contribution in [-0.4, -0.2) is 92.0 Å². The summed E-state index contributed by atoms with van der Waals surface area (Å²) in [5, 5.41) is 57.3. The van der Waals surface area contributed by atoms with Crippen molar-refractivity contribution < 1.29 is 44.9 Å². The van der Waals surface area contributed by atoms with E-state index in [0.717, 1.165) is 0 Å². The van der Waals surface area contributed by atoms with Crippen LogP contribution in [0.3, 0.4) is 0 Å². The third-order valence-corrected chi connectivity index (χ3v) is 3.41. The normalized spacial score (nSPS) is 39.3. The highest BCUT2D eigenvalue weighted by Gasteiger charge is 2.44. The second-order valence-corrected chi connectivity index (χ2v) is 5.14. The van der Waals surface area contributed by atoms with Crippen molar-refractivity contribution in [2.45, 2.75) is 69.0 Å². The number of carbonyl (C=O) groups excluding carboxylic acids is 1. The molecule has 0 saturated carbocycles. The highest BCUT2D eigenvalue weighted by Crippen LogP contribution is 2.23. The van der Waals surface area contributed by atoms with E-state index in [4.69, 9.17) is 9.47 Å². The van der Waals surface area contributed by atoms with Gasteiger partial charge in [0.2, 0.25) is 0 Å². The SMILES string of the molecule is CC(O)C(O)C(O)C(C=O)OC1OC(C)C(O)C(O)C1O. The molecular formula is C12H22O9. The van der Waals surface area contributed by atoms with Gasteiger partial charge in [0.1, 0.15) is 36.6 Å². The van der Waals surface area contributed by atoms with Crippen molar-refractivity contribution in [3.63, 3.8) is 0 Å². The van der Waals surface area contributed by atoms with Crippen molar-refractivity contribution in [1.29, 1.82) is 0 Å². The Labute approximate surface area is 121 Å². The molecule has 0 aliphatic carbocycles. The second kappa shape index (κ2) is 7.56. The summed E-state index contributed by atoms with van der Waals surface area (Å²) in [6.07, 6.45) is -13.0. The molecule has 1 heterocycles. The maximum absolute atomic E-state index is 11.0. The number of rotatable bonds is 6. The first kappa shape index (κ1) is 18.4. The Morgan fingerprint density at radius 2 is 1.62 bits per heavy atom. The fourth-order valence-electron chi connectivity index (χ4n) is 1.95. The van der Waals surface area contributed by atoms with Crippen LogP contribution in [0.4, 0.5) is 0 Å². The summed E-state index contributed by atoms with van der Waals surface area (Å²) < 4.78 is 10.2. The fourth-order valence-corrected chi connectivity index (χ4v) is 1.95. The lowest BCUT2D eigenvalue weighted by Crippen LogP contribution is -2.59. The molecule has 21 heavy (non-hydrogen) atoms. The molecule has 0 aromatic rings. The van der Waals surface area contributed by atoms with Gasteiger partial charge >= 0.3 is 0 Å². The summed E-state index contributed by atoms with van der Waals surface area (Å²) in [5.74, 6) is 0. The fraction of sp³-hybridized carbons (Fsp3) is 0.917. The molecule has 1 fully saturated rings. The molecule has 9 nitrogen and oxygen atoms in total. The smallest absolute Gasteiger partial charge is 0.187 e. The first-order chi connectivity index (χ1) is 9.70. The lowest BCUT2D eigenvalue weighted by Gasteiger charge is -2.40. The van der Waals surface area contributed by atoms with Gasteiger partial charge in [0.15, 0.2) is 12.6 Å². The summed E-state index contributed by atoms with van der Waals surface area (Å²) in [6, 6.07) is 0. The number of ether oxygens (including phenoxy) is 2. The molecule has 0 spiro atoms. The summed E-state index contributed by atoms with van der Waals surface area (Å²) >= 11 is 0. The molecule has 0 amide bonds. The first-order valence-electron chi connectivity index (χ1n) is 6.55. The van der Waals surface area contributed by atoms with Gasteiger partial charge in [-0.15, -0.1) is 0 Å². The summed E-state index contributed by atoms with van der Waals surface area (Å²) in [4.78, 5) is 11.0. The van der Waals surface area contributed by atoms with E-state index in [0.29, 0.717) is 0 Å². The molecule has 0 aromatic heterocycles. The standard InChI is InChI=1S/C12H22O9/c1-4(14)7(15)9(17)6(3-13)21-12-11(19)10(18)8(16)5(2)20-12/h3-12,14-19H,1-2H3. The Morgan fingerprint density at radius 1 is 1.05 bits per heavy atom. The minimum Gasteiger partial charge on any atom is -0.391 e. The number of carbonyl (C=O) groups is 1. The van der Waals surface area contributed by atoms with Crippen LogP contribution < -0.4 is 0 Å². The van der Waals surface area contributed by atoms with Crippen LogP contribution in [0.1, 0.15) is 13.8 Å². The van der Waals surface area contributed by atoms with Crippen LogP contribution in [0.2, 0.25) is 0 Å². The third-order valence-electron chi connectivity index (χ3n) is 3.41. The Hall–Kier alpha value is -0.650. The average Bonchev–Trinajstić information content (AvgIpc) is 2.45. The van der Waals surface area contributed by atoms with Crippen LogP contribution in [0.15, 0.2) is 0 Å². The maximum atomic E-state index is 11.0. The summed E-state index contributed by atoms with van der Waals surface area (Å²) in [7, 11) is 0. The Morgan fingerprint density at radius 3 is 2.10 bits per heavy atom. The zero-order valence-electron chi connectivity index (χ0n) is 11.7. The van der Waals surface area contributed by atoms with Crippen molar-refractivity contribution in [2.75, 3.05) is 0 Å². The van der Waals surface area contributed by atoms with E-state index in [1.54, 1.807) is 0 Å². The molecule has 0 aromatic carbocycles. The minimum atomic E-state index is -1.75. The minimum absolute atomic E-state index is 0.175. The molecule has 0 bridgehead atoms. The van der Waals surface area contributed by atoms with Crippen LogP contribution in [-0.2, 0) is 14.3 Å². The van der Waals surface area contributed by atoms with E-state index >= 15 is 0 Å². The lowest BCUT2D eigenvalue weighted by molar-refractivity contribution is -0.308. The van der Waals surface area contributed by atoms with E-state index in [-0.39, 0.29) is 6.29 Å². The number of aliphatic hydroxyl groups excluding tert-OH is 6. The third kappa shape index (κ3) is 4.18. The van der Waals surface area contributed by atoms with Gasteiger partial charge in [0.05, 0.1) is 12.2 Å². The van der Waals surface area contributed by atoms with Crippen molar-refractivity contribution in [1.82, 2.24) is 0 Å². The predicted molar refractivity (Wildman–Crippen MR) is 67.0 cm³/mol. The van der Waals surface area contributed by atoms with Gasteiger partial charge in [0, 0.05) is 0 Å². The second-order valence-electron chi connectivity index (χ2n) is 5.14. The summed E-state index contributed by atoms with van der Waals surface area (Å²) in [5.41, 5.74) is 0. The van der Waals surface area contributed by atoms with E-state index < -0.39 is 55.1 Å². The first-order valence-corrected chi connectivity index (χ1v) is 6.55. The van der Waals surface area contributed by atoms with Crippen molar-refractivity contribution in [3.05, 3.63) is 0 Å². The Kier molecular flexibility index (Phi) is 6.63. The van der Waals surface area contributed by atoms with Crippen LogP contribution in [0.25, 0.3) is 0 Å². The van der Waals surface area contributed by atoms with Gasteiger partial charge in [-0.1, -0.05) is 0 Å². The molecule has 6 N–H and O–H groups in total. The highest BCUT2D eigenvalue weighted by molar-refractivity contribution is 5.57. The summed E-state index contributed by atoms with van der Waals surface area (Å²) in [6.45, 7) is 2.64. The van der Waals surface area contributed by atoms with Gasteiger partial charge in [-0.05, 0) is 13.8 Å². The number of hydrogen-bond acceptors (Lipinski definition) is 9. The predicted octanol–water partition coefficient (Wildman–Crippen LogP) is -3.50. The molecule has 0 radical (unpaired) electrons. The molecule has 1 saturated heterocycles. The number of hydrogen-bond donors (Lipinski definition) is 6. The largest absolute Gasteiger partial charge is 0.391 e. The van der Waals surface area contributed by atoms with Gasteiger partial charge in [-0.25, -0.2) is 0 Å². The van der Waals surface area contributed by atoms with E-state index in [2.05, 4.69) is 0 Å². The van der Waals surface area contributed by atoms with E-state index in [9.17, 15) is 35.4 Å². The number of aliphatic hydroxyl groups is 6. The van der Waals surface area contributed by atoms with Crippen LogP contribution in [0, 0.1) is 0 Å². The molecule has 9 atom stereocenters. The van der Waals surface area contributed by atoms with Gasteiger partial charge in [0.25, 0.3) is 0 Å². The maximum Gasteiger partial charge on any atom is 0.187 e. The quantitative estimate of drug-likeness (QED) is 0.274. The van der Waals surface area contributed by atoms with Gasteiger partial charge in [-0.2, -0.15) is 0 Å². The monoisotopic (exact) mass is 310 g/mol. The van der Waals surface area contributed by atoms with E-state index in [1.165, 1.54) is 13.8 Å². The number of aldehydes is 1. The molecule has 9 unspecified atom stereocenters. The topological polar surface area (TPSA) is 157 Å². The average molecular weight is 310 g/mol. The van der Waals surface area contributed by atoms with Crippen molar-refractivity contribution in [2.24, 2.45) is 0 Å².